The molecule has 8 heavy (non-hydrogen) atoms. The third kappa shape index (κ3) is 372. The van der Waals surface area contributed by atoms with Crippen LogP contribution in [0.15, 0.2) is 0 Å². The second-order valence-electron chi connectivity index (χ2n) is 1.02. The van der Waals surface area contributed by atoms with E-state index in [1.165, 1.54) is 6.92 Å². The molecule has 0 rings (SSSR count). The predicted octanol–water partition coefficient (Wildman–Crippen LogP) is 1.77. The second kappa shape index (κ2) is 4.61. The van der Waals surface area contributed by atoms with Crippen LogP contribution in [-0.4, -0.2) is 12.5 Å². The number of carbonyl (C=O) groups excluding carboxylic acids is 1. The minimum absolute atomic E-state index is 0.188. The Bertz CT molecular complexity index is 50.8. The summed E-state index contributed by atoms with van der Waals surface area (Å²) in [5.74, 6) is 0. The molecule has 0 aliphatic heterocycles. The molecule has 0 heterocycles. The third-order valence-electron chi connectivity index (χ3n) is 0. The lowest BCUT2D eigenvalue weighted by molar-refractivity contribution is -0.110. The Labute approximate surface area is 45.5 Å². The molecule has 0 radical (unpaired) electrons. The Balaban J connectivity index is 0. The molecule has 1 nitrogen and oxygen atoms in total. The second-order valence-corrected chi connectivity index (χ2v) is 1.02. The maximum Gasteiger partial charge on any atom is 0.386 e. The van der Waals surface area contributed by atoms with E-state index in [4.69, 9.17) is 4.79 Å². The number of carbonyl (C=O) groups is 1. The van der Waals surface area contributed by atoms with Crippen molar-refractivity contribution in [3.05, 3.63) is 0 Å². The summed E-state index contributed by atoms with van der Waals surface area (Å²) >= 11 is 0. The molecule has 0 saturated heterocycles. The normalized spacial score (nSPS) is 9.12. The van der Waals surface area contributed by atoms with Crippen LogP contribution < -0.4 is 0 Å². The number of alkyl halides is 3. The van der Waals surface area contributed by atoms with Gasteiger partial charge in [0.2, 0.25) is 0 Å². The molecule has 4 heteroatoms. The third-order valence-corrected chi connectivity index (χ3v) is 0. The van der Waals surface area contributed by atoms with Gasteiger partial charge in [0, 0.05) is 6.92 Å². The van der Waals surface area contributed by atoms with E-state index in [2.05, 4.69) is 0 Å². The van der Waals surface area contributed by atoms with Crippen LogP contribution in [0.4, 0.5) is 13.2 Å². The summed E-state index contributed by atoms with van der Waals surface area (Å²) in [7, 11) is 0. The number of hydrogen-bond acceptors (Lipinski definition) is 1. The summed E-state index contributed by atoms with van der Waals surface area (Å²) in [6.45, 7) is 1.63. The summed E-state index contributed by atoms with van der Waals surface area (Å²) in [4.78, 5) is 8.81. The van der Waals surface area contributed by atoms with E-state index in [9.17, 15) is 13.2 Å². The van der Waals surface area contributed by atoms with Crippen molar-refractivity contribution in [1.29, 1.82) is 0 Å². The van der Waals surface area contributed by atoms with Gasteiger partial charge in [0.15, 0.2) is 0 Å². The molecule has 0 aliphatic rings. The van der Waals surface area contributed by atoms with E-state index >= 15 is 0 Å². The molecule has 0 N–H and O–H groups in total. The fourth-order valence-corrected chi connectivity index (χ4v) is 0. The molecule has 0 aliphatic carbocycles. The van der Waals surface area contributed by atoms with Crippen molar-refractivity contribution in [2.45, 2.75) is 20.0 Å². The molecule has 50 valence electrons. The molecule has 0 spiro atoms. The van der Waals surface area contributed by atoms with Crippen molar-refractivity contribution in [3.63, 3.8) is 0 Å². The smallest absolute Gasteiger partial charge is 0.304 e. The van der Waals surface area contributed by atoms with Gasteiger partial charge in [0.1, 0.15) is 6.29 Å². The van der Waals surface area contributed by atoms with E-state index in [0.717, 1.165) is 6.29 Å². The molecular formula is C4H7F3O. The first-order valence-corrected chi connectivity index (χ1v) is 1.88. The van der Waals surface area contributed by atoms with Gasteiger partial charge in [-0.3, -0.25) is 0 Å². The lowest BCUT2D eigenvalue weighted by Gasteiger charge is -1.88. The van der Waals surface area contributed by atoms with Crippen molar-refractivity contribution >= 4 is 6.29 Å². The molecular weight excluding hydrogens is 121 g/mol. The van der Waals surface area contributed by atoms with Gasteiger partial charge in [0.25, 0.3) is 0 Å². The van der Waals surface area contributed by atoms with Gasteiger partial charge in [-0.05, 0) is 6.92 Å². The Kier molecular flexibility index (Phi) is 6.02. The van der Waals surface area contributed by atoms with Crippen LogP contribution >= 0.6 is 0 Å². The van der Waals surface area contributed by atoms with Crippen LogP contribution in [0.1, 0.15) is 13.8 Å². The predicted molar refractivity (Wildman–Crippen MR) is 23.5 cm³/mol. The van der Waals surface area contributed by atoms with Crippen LogP contribution in [0.2, 0.25) is 0 Å². The number of aldehydes is 1. The maximum absolute atomic E-state index is 10.4. The highest BCUT2D eigenvalue weighted by atomic mass is 19.4. The molecule has 0 saturated carbocycles. The van der Waals surface area contributed by atoms with Crippen LogP contribution in [0.5, 0.6) is 0 Å². The molecule has 0 fully saturated rings. The molecule has 0 unspecified atom stereocenters. The first-order valence-electron chi connectivity index (χ1n) is 1.88. The monoisotopic (exact) mass is 128 g/mol. The highest BCUT2D eigenvalue weighted by molar-refractivity contribution is 5.44. The topological polar surface area (TPSA) is 17.1 Å². The van der Waals surface area contributed by atoms with Crippen molar-refractivity contribution < 1.29 is 18.0 Å². The molecule has 0 aromatic carbocycles. The van der Waals surface area contributed by atoms with Crippen LogP contribution in [0.3, 0.4) is 0 Å². The highest BCUT2D eigenvalue weighted by Gasteiger charge is 2.15. The van der Waals surface area contributed by atoms with Gasteiger partial charge in [-0.25, -0.2) is 0 Å². The van der Waals surface area contributed by atoms with E-state index in [0.29, 0.717) is 0 Å². The van der Waals surface area contributed by atoms with Gasteiger partial charge in [-0.15, -0.1) is 0 Å². The van der Waals surface area contributed by atoms with Crippen molar-refractivity contribution in [2.24, 2.45) is 0 Å². The van der Waals surface area contributed by atoms with Gasteiger partial charge >= 0.3 is 6.18 Å². The van der Waals surface area contributed by atoms with Gasteiger partial charge in [-0.2, -0.15) is 13.2 Å². The van der Waals surface area contributed by atoms with Gasteiger partial charge < -0.3 is 4.79 Å². The standard InChI is InChI=1S/C2H3F3.C2H4O/c1-2(3,4)5;1-2-3/h1H3;2H,1H3. The zero-order valence-corrected chi connectivity index (χ0v) is 4.62. The van der Waals surface area contributed by atoms with Crippen molar-refractivity contribution in [2.75, 3.05) is 0 Å². The zero-order chi connectivity index (χ0) is 7.21. The lowest BCUT2D eigenvalue weighted by Crippen LogP contribution is -1.95. The molecule has 0 amide bonds. The number of halogens is 3. The van der Waals surface area contributed by atoms with Gasteiger partial charge in [0.05, 0.1) is 0 Å². The van der Waals surface area contributed by atoms with Crippen LogP contribution in [0.25, 0.3) is 0 Å². The summed E-state index contributed by atoms with van der Waals surface area (Å²) in [6, 6.07) is 0. The summed E-state index contributed by atoms with van der Waals surface area (Å²) in [5.41, 5.74) is 0. The molecule has 0 aromatic rings. The van der Waals surface area contributed by atoms with Crippen molar-refractivity contribution in [1.82, 2.24) is 0 Å². The quantitative estimate of drug-likeness (QED) is 0.454. The Morgan fingerprint density at radius 1 is 1.38 bits per heavy atom. The van der Waals surface area contributed by atoms with Crippen LogP contribution in [0, 0.1) is 0 Å². The SMILES string of the molecule is CC(F)(F)F.CC=O. The average Bonchev–Trinajstić information content (AvgIpc) is 1.27. The maximum atomic E-state index is 10.4. The van der Waals surface area contributed by atoms with E-state index in [1.54, 1.807) is 0 Å². The summed E-state index contributed by atoms with van der Waals surface area (Å²) < 4.78 is 31.1. The van der Waals surface area contributed by atoms with E-state index in [1.807, 2.05) is 0 Å². The van der Waals surface area contributed by atoms with E-state index in [-0.39, 0.29) is 6.92 Å². The van der Waals surface area contributed by atoms with Crippen LogP contribution in [-0.2, 0) is 4.79 Å². The van der Waals surface area contributed by atoms with E-state index < -0.39 is 6.18 Å². The average molecular weight is 128 g/mol. The number of hydrogen-bond donors (Lipinski definition) is 0. The summed E-state index contributed by atoms with van der Waals surface area (Å²) in [5, 5.41) is 0. The fourth-order valence-electron chi connectivity index (χ4n) is 0. The Morgan fingerprint density at radius 2 is 1.38 bits per heavy atom. The van der Waals surface area contributed by atoms with Gasteiger partial charge in [-0.1, -0.05) is 0 Å². The summed E-state index contributed by atoms with van der Waals surface area (Å²) in [6.07, 6.45) is -3.25. The minimum atomic E-state index is -4.00. The Morgan fingerprint density at radius 3 is 1.38 bits per heavy atom. The first kappa shape index (κ1) is 10.4. The fraction of sp³-hybridized carbons (Fsp3) is 0.750. The van der Waals surface area contributed by atoms with Crippen molar-refractivity contribution in [3.8, 4) is 0 Å². The zero-order valence-electron chi connectivity index (χ0n) is 4.62. The largest absolute Gasteiger partial charge is 0.386 e. The minimum Gasteiger partial charge on any atom is -0.304 e. The number of rotatable bonds is 0. The molecule has 0 bridgehead atoms. The molecule has 0 atom stereocenters. The highest BCUT2D eigenvalue weighted by Crippen LogP contribution is 2.10. The molecule has 0 aromatic heterocycles. The lowest BCUT2D eigenvalue weighted by atomic mass is 10.8. The Hall–Kier alpha value is -0.540. The first-order chi connectivity index (χ1) is 3.41.